The number of anilines is 2. The van der Waals surface area contributed by atoms with E-state index in [0.717, 1.165) is 12.1 Å². The molecule has 0 atom stereocenters. The Bertz CT molecular complexity index is 501. The second-order valence-electron chi connectivity index (χ2n) is 5.00. The highest BCUT2D eigenvalue weighted by molar-refractivity contribution is 5.95. The number of nitrogen functional groups attached to an aromatic ring is 1. The molecule has 0 saturated heterocycles. The molecule has 7 heteroatoms. The molecule has 0 aliphatic heterocycles. The number of nitrogens with one attached hydrogen (secondary N) is 1. The lowest BCUT2D eigenvalue weighted by Crippen LogP contribution is -2.37. The van der Waals surface area contributed by atoms with E-state index in [1.165, 1.54) is 6.07 Å². The van der Waals surface area contributed by atoms with E-state index in [1.807, 2.05) is 25.7 Å². The Kier molecular flexibility index (Phi) is 5.60. The van der Waals surface area contributed by atoms with Crippen LogP contribution in [0.5, 0.6) is 0 Å². The third kappa shape index (κ3) is 4.93. The van der Waals surface area contributed by atoms with E-state index in [2.05, 4.69) is 5.32 Å². The lowest BCUT2D eigenvalue weighted by Gasteiger charge is -2.24. The second-order valence-corrected chi connectivity index (χ2v) is 5.00. The van der Waals surface area contributed by atoms with Gasteiger partial charge in [-0.25, -0.2) is 0 Å². The summed E-state index contributed by atoms with van der Waals surface area (Å²) in [7, 11) is 0. The van der Waals surface area contributed by atoms with Gasteiger partial charge in [-0.2, -0.15) is 13.2 Å². The van der Waals surface area contributed by atoms with E-state index in [1.54, 1.807) is 0 Å². The zero-order valence-electron chi connectivity index (χ0n) is 12.3. The number of hydrogen-bond donors (Lipinski definition) is 2. The first-order chi connectivity index (χ1) is 9.65. The standard InChI is InChI=1S/C14H20F3N3O/c1-4-20(9(2)3)8-13(21)19-12-6-5-10(7-11(12)18)14(15,16)17/h5-7,9H,4,8,18H2,1-3H3,(H,19,21). The fourth-order valence-corrected chi connectivity index (χ4v) is 1.89. The van der Waals surface area contributed by atoms with Crippen LogP contribution in [0, 0.1) is 0 Å². The fourth-order valence-electron chi connectivity index (χ4n) is 1.89. The quantitative estimate of drug-likeness (QED) is 0.822. The normalized spacial score (nSPS) is 12.0. The highest BCUT2D eigenvalue weighted by Crippen LogP contribution is 2.32. The van der Waals surface area contributed by atoms with Crippen LogP contribution in [0.3, 0.4) is 0 Å². The van der Waals surface area contributed by atoms with Crippen molar-refractivity contribution >= 4 is 17.3 Å². The number of rotatable bonds is 5. The van der Waals surface area contributed by atoms with Crippen molar-refractivity contribution in [3.63, 3.8) is 0 Å². The molecule has 0 aliphatic rings. The summed E-state index contributed by atoms with van der Waals surface area (Å²) in [4.78, 5) is 13.8. The molecule has 1 aromatic carbocycles. The Labute approximate surface area is 122 Å². The first kappa shape index (κ1) is 17.3. The number of nitrogens with two attached hydrogens (primary N) is 1. The molecule has 0 fully saturated rings. The van der Waals surface area contributed by atoms with Crippen molar-refractivity contribution < 1.29 is 18.0 Å². The summed E-state index contributed by atoms with van der Waals surface area (Å²) < 4.78 is 37.6. The van der Waals surface area contributed by atoms with Crippen molar-refractivity contribution in [1.29, 1.82) is 0 Å². The van der Waals surface area contributed by atoms with Gasteiger partial charge in [0.25, 0.3) is 0 Å². The number of alkyl halides is 3. The zero-order valence-corrected chi connectivity index (χ0v) is 12.3. The van der Waals surface area contributed by atoms with E-state index in [0.29, 0.717) is 6.54 Å². The van der Waals surface area contributed by atoms with E-state index in [9.17, 15) is 18.0 Å². The van der Waals surface area contributed by atoms with Crippen LogP contribution in [0.4, 0.5) is 24.5 Å². The first-order valence-electron chi connectivity index (χ1n) is 6.65. The van der Waals surface area contributed by atoms with Crippen LogP contribution >= 0.6 is 0 Å². The van der Waals surface area contributed by atoms with Gasteiger partial charge in [-0.15, -0.1) is 0 Å². The number of likely N-dealkylation sites (N-methyl/N-ethyl adjacent to an activating group) is 1. The zero-order chi connectivity index (χ0) is 16.2. The van der Waals surface area contributed by atoms with Crippen LogP contribution in [0.1, 0.15) is 26.3 Å². The highest BCUT2D eigenvalue weighted by Gasteiger charge is 2.30. The summed E-state index contributed by atoms with van der Waals surface area (Å²) in [6.07, 6.45) is -4.45. The predicted octanol–water partition coefficient (Wildman–Crippen LogP) is 2.96. The van der Waals surface area contributed by atoms with E-state index in [-0.39, 0.29) is 29.9 Å². The van der Waals surface area contributed by atoms with Crippen molar-refractivity contribution in [3.8, 4) is 0 Å². The van der Waals surface area contributed by atoms with Gasteiger partial charge >= 0.3 is 6.18 Å². The average molecular weight is 303 g/mol. The first-order valence-corrected chi connectivity index (χ1v) is 6.65. The van der Waals surface area contributed by atoms with Gasteiger partial charge in [0.1, 0.15) is 0 Å². The molecular weight excluding hydrogens is 283 g/mol. The molecule has 21 heavy (non-hydrogen) atoms. The number of hydrogen-bond acceptors (Lipinski definition) is 3. The van der Waals surface area contributed by atoms with Gasteiger partial charge in [-0.3, -0.25) is 9.69 Å². The molecule has 1 amide bonds. The Balaban J connectivity index is 2.78. The fraction of sp³-hybridized carbons (Fsp3) is 0.500. The second kappa shape index (κ2) is 6.80. The lowest BCUT2D eigenvalue weighted by atomic mass is 10.1. The van der Waals surface area contributed by atoms with Crippen molar-refractivity contribution in [3.05, 3.63) is 23.8 Å². The number of carbonyl (C=O) groups excluding carboxylic acids is 1. The number of benzene rings is 1. The number of nitrogens with zero attached hydrogens (tertiary/aromatic N) is 1. The molecule has 0 unspecified atom stereocenters. The van der Waals surface area contributed by atoms with Crippen LogP contribution in [-0.4, -0.2) is 29.9 Å². The topological polar surface area (TPSA) is 58.4 Å². The van der Waals surface area contributed by atoms with Crippen LogP contribution in [0.2, 0.25) is 0 Å². The van der Waals surface area contributed by atoms with Crippen molar-refractivity contribution in [1.82, 2.24) is 4.90 Å². The lowest BCUT2D eigenvalue weighted by molar-refractivity contribution is -0.137. The van der Waals surface area contributed by atoms with Gasteiger partial charge in [-0.05, 0) is 38.6 Å². The molecule has 118 valence electrons. The van der Waals surface area contributed by atoms with Gasteiger partial charge in [0.15, 0.2) is 0 Å². The Morgan fingerprint density at radius 2 is 2.00 bits per heavy atom. The van der Waals surface area contributed by atoms with Gasteiger partial charge in [0, 0.05) is 6.04 Å². The van der Waals surface area contributed by atoms with Crippen LogP contribution in [0.15, 0.2) is 18.2 Å². The predicted molar refractivity (Wildman–Crippen MR) is 76.9 cm³/mol. The summed E-state index contributed by atoms with van der Waals surface area (Å²) in [6, 6.07) is 3.08. The Hall–Kier alpha value is -1.76. The third-order valence-corrected chi connectivity index (χ3v) is 3.14. The molecule has 0 spiro atoms. The minimum absolute atomic E-state index is 0.106. The smallest absolute Gasteiger partial charge is 0.397 e. The van der Waals surface area contributed by atoms with Crippen molar-refractivity contribution in [2.75, 3.05) is 24.1 Å². The highest BCUT2D eigenvalue weighted by atomic mass is 19.4. The summed E-state index contributed by atoms with van der Waals surface area (Å²) in [5.74, 6) is -0.308. The minimum Gasteiger partial charge on any atom is -0.397 e. The van der Waals surface area contributed by atoms with Gasteiger partial charge in [-0.1, -0.05) is 6.92 Å². The van der Waals surface area contributed by atoms with Crippen LogP contribution in [0.25, 0.3) is 0 Å². The molecule has 1 rings (SSSR count). The van der Waals surface area contributed by atoms with E-state index >= 15 is 0 Å². The summed E-state index contributed by atoms with van der Waals surface area (Å²) >= 11 is 0. The molecule has 0 aliphatic carbocycles. The molecule has 0 aromatic heterocycles. The van der Waals surface area contributed by atoms with Crippen LogP contribution in [-0.2, 0) is 11.0 Å². The summed E-state index contributed by atoms with van der Waals surface area (Å²) in [6.45, 7) is 6.72. The molecule has 4 nitrogen and oxygen atoms in total. The maximum absolute atomic E-state index is 12.5. The molecule has 0 radical (unpaired) electrons. The average Bonchev–Trinajstić information content (AvgIpc) is 2.36. The Morgan fingerprint density at radius 3 is 2.43 bits per heavy atom. The number of amides is 1. The van der Waals surface area contributed by atoms with Gasteiger partial charge < -0.3 is 11.1 Å². The maximum atomic E-state index is 12.5. The van der Waals surface area contributed by atoms with E-state index < -0.39 is 11.7 Å². The molecule has 0 heterocycles. The minimum atomic E-state index is -4.45. The summed E-state index contributed by atoms with van der Waals surface area (Å²) in [5.41, 5.74) is 4.81. The third-order valence-electron chi connectivity index (χ3n) is 3.14. The summed E-state index contributed by atoms with van der Waals surface area (Å²) in [5, 5.41) is 2.54. The van der Waals surface area contributed by atoms with Gasteiger partial charge in [0.05, 0.1) is 23.5 Å². The molecule has 0 bridgehead atoms. The van der Waals surface area contributed by atoms with Crippen LogP contribution < -0.4 is 11.1 Å². The molecule has 0 saturated carbocycles. The molecule has 1 aromatic rings. The monoisotopic (exact) mass is 303 g/mol. The largest absolute Gasteiger partial charge is 0.416 e. The van der Waals surface area contributed by atoms with Gasteiger partial charge in [0.2, 0.25) is 5.91 Å². The number of halogens is 3. The molecule has 3 N–H and O–H groups in total. The van der Waals surface area contributed by atoms with Crippen molar-refractivity contribution in [2.45, 2.75) is 33.0 Å². The van der Waals surface area contributed by atoms with E-state index in [4.69, 9.17) is 5.73 Å². The van der Waals surface area contributed by atoms with Crippen molar-refractivity contribution in [2.24, 2.45) is 0 Å². The molecular formula is C14H20F3N3O. The number of carbonyl (C=O) groups is 1. The Morgan fingerprint density at radius 1 is 1.38 bits per heavy atom. The SMILES string of the molecule is CCN(CC(=O)Nc1ccc(C(F)(F)F)cc1N)C(C)C. The maximum Gasteiger partial charge on any atom is 0.416 e.